The number of nitriles is 1. The number of nitrogens with zero attached hydrogens (tertiary/aromatic N) is 1. The second kappa shape index (κ2) is 9.91. The summed E-state index contributed by atoms with van der Waals surface area (Å²) in [6.45, 7) is 0. The number of hydrogen-bond acceptors (Lipinski definition) is 6. The monoisotopic (exact) mass is 439 g/mol. The van der Waals surface area contributed by atoms with E-state index in [4.69, 9.17) is 4.74 Å². The van der Waals surface area contributed by atoms with Crippen molar-refractivity contribution in [1.82, 2.24) is 5.32 Å². The van der Waals surface area contributed by atoms with E-state index in [0.29, 0.717) is 5.56 Å². The Balaban J connectivity index is 1.87. The van der Waals surface area contributed by atoms with Crippen LogP contribution < -0.4 is 10.6 Å². The maximum atomic E-state index is 13.7. The van der Waals surface area contributed by atoms with Gasteiger partial charge in [0.2, 0.25) is 11.8 Å². The third-order valence-electron chi connectivity index (χ3n) is 4.64. The Morgan fingerprint density at radius 3 is 2.52 bits per heavy atom. The lowest BCUT2D eigenvalue weighted by Gasteiger charge is -2.30. The van der Waals surface area contributed by atoms with Crippen LogP contribution in [-0.2, 0) is 19.1 Å². The predicted octanol–water partition coefficient (Wildman–Crippen LogP) is 2.94. The number of anilines is 1. The van der Waals surface area contributed by atoms with Crippen molar-refractivity contribution in [2.45, 2.75) is 5.92 Å². The first-order valence-electron chi connectivity index (χ1n) is 9.21. The molecule has 0 saturated heterocycles. The summed E-state index contributed by atoms with van der Waals surface area (Å²) in [7, 11) is 1.17. The van der Waals surface area contributed by atoms with Crippen molar-refractivity contribution in [2.75, 3.05) is 18.2 Å². The van der Waals surface area contributed by atoms with Gasteiger partial charge < -0.3 is 15.4 Å². The van der Waals surface area contributed by atoms with Gasteiger partial charge in [0.15, 0.2) is 0 Å². The predicted molar refractivity (Wildman–Crippen MR) is 113 cm³/mol. The van der Waals surface area contributed by atoms with Crippen LogP contribution in [-0.4, -0.2) is 30.6 Å². The lowest BCUT2D eigenvalue weighted by atomic mass is 9.78. The van der Waals surface area contributed by atoms with E-state index in [0.717, 1.165) is 11.8 Å². The third-order valence-corrected chi connectivity index (χ3v) is 5.66. The van der Waals surface area contributed by atoms with Gasteiger partial charge >= 0.3 is 5.97 Å². The molecule has 1 aliphatic heterocycles. The minimum absolute atomic E-state index is 0.0307. The highest BCUT2D eigenvalue weighted by atomic mass is 32.2. The van der Waals surface area contributed by atoms with Crippen molar-refractivity contribution < 1.29 is 23.5 Å². The average molecular weight is 439 g/mol. The second-order valence-electron chi connectivity index (χ2n) is 6.55. The van der Waals surface area contributed by atoms with Crippen LogP contribution in [0.3, 0.4) is 0 Å². The number of methoxy groups -OCH3 is 1. The molecule has 2 aromatic rings. The number of carbonyl (C=O) groups excluding carboxylic acids is 3. The molecule has 0 spiro atoms. The van der Waals surface area contributed by atoms with Crippen LogP contribution in [0.1, 0.15) is 11.5 Å². The van der Waals surface area contributed by atoms with Gasteiger partial charge in [0.25, 0.3) is 0 Å². The molecule has 3 rings (SSSR count). The first kappa shape index (κ1) is 22.1. The number of esters is 1. The molecule has 0 aliphatic carbocycles. The maximum Gasteiger partial charge on any atom is 0.319 e. The zero-order valence-corrected chi connectivity index (χ0v) is 17.2. The number of halogens is 1. The number of carbonyl (C=O) groups is 3. The molecule has 2 N–H and O–H groups in total. The summed E-state index contributed by atoms with van der Waals surface area (Å²) >= 11 is 0.925. The highest BCUT2D eigenvalue weighted by Gasteiger charge is 2.44. The van der Waals surface area contributed by atoms with Crippen molar-refractivity contribution in [1.29, 1.82) is 5.26 Å². The molecule has 0 saturated carbocycles. The molecule has 0 bridgehead atoms. The third kappa shape index (κ3) is 4.92. The first-order chi connectivity index (χ1) is 15.0. The fourth-order valence-electron chi connectivity index (χ4n) is 3.23. The minimum atomic E-state index is -1.24. The van der Waals surface area contributed by atoms with Gasteiger partial charge in [0, 0.05) is 5.92 Å². The van der Waals surface area contributed by atoms with Crippen molar-refractivity contribution in [3.63, 3.8) is 0 Å². The Bertz CT molecular complexity index is 1080. The fraction of sp³-hybridized carbons (Fsp3) is 0.182. The molecular formula is C22H18FN3O4S. The molecule has 0 aromatic heterocycles. The van der Waals surface area contributed by atoms with Crippen LogP contribution in [0, 0.1) is 23.1 Å². The standard InChI is InChI=1S/C22H18FN3O4S/c1-30-22(29)19-18(13-7-3-2-4-8-13)14(11-24)21(26-20(19)28)31-12-17(27)25-16-10-6-5-9-15(16)23/h2-10,18-19H,12H2,1H3,(H,25,27)(H,26,28)/t18-,19-/m1/s1. The van der Waals surface area contributed by atoms with E-state index in [2.05, 4.69) is 16.7 Å². The zero-order chi connectivity index (χ0) is 22.4. The van der Waals surface area contributed by atoms with Crippen molar-refractivity contribution in [2.24, 2.45) is 5.92 Å². The quantitative estimate of drug-likeness (QED) is 0.529. The fourth-order valence-corrected chi connectivity index (χ4v) is 4.08. The van der Waals surface area contributed by atoms with Crippen LogP contribution in [0.5, 0.6) is 0 Å². The van der Waals surface area contributed by atoms with E-state index >= 15 is 0 Å². The smallest absolute Gasteiger partial charge is 0.319 e. The lowest BCUT2D eigenvalue weighted by Crippen LogP contribution is -2.44. The van der Waals surface area contributed by atoms with Gasteiger partial charge in [0.05, 0.1) is 35.2 Å². The number of allylic oxidation sites excluding steroid dienone is 1. The molecule has 2 amide bonds. The summed E-state index contributed by atoms with van der Waals surface area (Å²) in [5.41, 5.74) is 0.770. The van der Waals surface area contributed by atoms with Crippen LogP contribution in [0.25, 0.3) is 0 Å². The Morgan fingerprint density at radius 1 is 1.19 bits per heavy atom. The molecule has 1 aliphatic rings. The van der Waals surface area contributed by atoms with Gasteiger partial charge in [-0.05, 0) is 17.7 Å². The topological polar surface area (TPSA) is 108 Å². The normalized spacial score (nSPS) is 18.0. The van der Waals surface area contributed by atoms with Crippen molar-refractivity contribution in [3.8, 4) is 6.07 Å². The average Bonchev–Trinajstić information content (AvgIpc) is 2.78. The van der Waals surface area contributed by atoms with Crippen LogP contribution in [0.4, 0.5) is 10.1 Å². The minimum Gasteiger partial charge on any atom is -0.468 e. The van der Waals surface area contributed by atoms with E-state index < -0.39 is 35.4 Å². The van der Waals surface area contributed by atoms with Gasteiger partial charge in [0.1, 0.15) is 11.7 Å². The van der Waals surface area contributed by atoms with E-state index in [9.17, 15) is 24.0 Å². The van der Waals surface area contributed by atoms with Crippen LogP contribution in [0.2, 0.25) is 0 Å². The number of nitrogens with one attached hydrogen (secondary N) is 2. The second-order valence-corrected chi connectivity index (χ2v) is 7.54. The van der Waals surface area contributed by atoms with Gasteiger partial charge in [-0.15, -0.1) is 0 Å². The van der Waals surface area contributed by atoms with E-state index in [1.807, 2.05) is 0 Å². The van der Waals surface area contributed by atoms with Gasteiger partial charge in [-0.2, -0.15) is 5.26 Å². The molecule has 1 heterocycles. The molecule has 0 radical (unpaired) electrons. The Kier molecular flexibility index (Phi) is 7.05. The molecule has 0 unspecified atom stereocenters. The van der Waals surface area contributed by atoms with E-state index in [-0.39, 0.29) is 22.0 Å². The highest BCUT2D eigenvalue weighted by Crippen LogP contribution is 2.40. The number of thioether (sulfide) groups is 1. The van der Waals surface area contributed by atoms with Gasteiger partial charge in [-0.25, -0.2) is 4.39 Å². The van der Waals surface area contributed by atoms with Crippen molar-refractivity contribution in [3.05, 3.63) is 76.6 Å². The molecular weight excluding hydrogens is 421 g/mol. The summed E-state index contributed by atoms with van der Waals surface area (Å²) in [5.74, 6) is -4.76. The van der Waals surface area contributed by atoms with Crippen LogP contribution in [0.15, 0.2) is 65.2 Å². The highest BCUT2D eigenvalue weighted by molar-refractivity contribution is 8.03. The number of ether oxygens (including phenoxy) is 1. The summed E-state index contributed by atoms with van der Waals surface area (Å²) in [4.78, 5) is 37.3. The number of para-hydroxylation sites is 1. The summed E-state index contributed by atoms with van der Waals surface area (Å²) in [6, 6.07) is 16.5. The van der Waals surface area contributed by atoms with Crippen molar-refractivity contribution >= 4 is 35.2 Å². The lowest BCUT2D eigenvalue weighted by molar-refractivity contribution is -0.150. The Hall–Kier alpha value is -3.64. The number of rotatable bonds is 6. The Labute approximate surface area is 182 Å². The molecule has 7 nitrogen and oxygen atoms in total. The van der Waals surface area contributed by atoms with Crippen LogP contribution >= 0.6 is 11.8 Å². The molecule has 158 valence electrons. The molecule has 31 heavy (non-hydrogen) atoms. The molecule has 2 aromatic carbocycles. The molecule has 9 heteroatoms. The summed E-state index contributed by atoms with van der Waals surface area (Å²) in [5, 5.41) is 15.0. The summed E-state index contributed by atoms with van der Waals surface area (Å²) in [6.07, 6.45) is 0. The maximum absolute atomic E-state index is 13.7. The van der Waals surface area contributed by atoms with Gasteiger partial charge in [-0.3, -0.25) is 14.4 Å². The zero-order valence-electron chi connectivity index (χ0n) is 16.4. The van der Waals surface area contributed by atoms with E-state index in [1.54, 1.807) is 36.4 Å². The SMILES string of the molecule is COC(=O)[C@H]1C(=O)NC(SCC(=O)Nc2ccccc2F)=C(C#N)[C@H]1c1ccccc1. The van der Waals surface area contributed by atoms with E-state index in [1.165, 1.54) is 25.3 Å². The van der Waals surface area contributed by atoms with Gasteiger partial charge in [-0.1, -0.05) is 54.2 Å². The Morgan fingerprint density at radius 2 is 1.87 bits per heavy atom. The molecule has 2 atom stereocenters. The number of amides is 2. The number of benzene rings is 2. The molecule has 0 fully saturated rings. The number of hydrogen-bond donors (Lipinski definition) is 2. The summed E-state index contributed by atoms with van der Waals surface area (Å²) < 4.78 is 18.5. The largest absolute Gasteiger partial charge is 0.468 e. The first-order valence-corrected chi connectivity index (χ1v) is 10.2.